The highest BCUT2D eigenvalue weighted by Crippen LogP contribution is 2.32. The van der Waals surface area contributed by atoms with E-state index in [2.05, 4.69) is 31.9 Å². The first-order chi connectivity index (χ1) is 6.93. The number of hydrogen-bond acceptors (Lipinski definition) is 1. The number of aryl methyl sites for hydroxylation is 1. The van der Waals surface area contributed by atoms with E-state index >= 15 is 0 Å². The Labute approximate surface area is 105 Å². The number of carboxylic acids is 1. The van der Waals surface area contributed by atoms with Gasteiger partial charge in [-0.15, -0.1) is 0 Å². The Morgan fingerprint density at radius 2 is 1.93 bits per heavy atom. The largest absolute Gasteiger partial charge is 0.478 e. The molecule has 0 spiro atoms. The second-order valence-electron chi connectivity index (χ2n) is 3.21. The van der Waals surface area contributed by atoms with Gasteiger partial charge in [0.1, 0.15) is 0 Å². The monoisotopic (exact) mass is 332 g/mol. The molecule has 0 radical (unpaired) electrons. The van der Waals surface area contributed by atoms with Crippen LogP contribution in [-0.2, 0) is 4.79 Å². The van der Waals surface area contributed by atoms with Gasteiger partial charge in [0.2, 0.25) is 0 Å². The topological polar surface area (TPSA) is 37.3 Å². The van der Waals surface area contributed by atoms with E-state index < -0.39 is 5.97 Å². The molecule has 0 saturated carbocycles. The molecule has 0 unspecified atom stereocenters. The molecule has 0 heterocycles. The standard InChI is InChI=1S/C11H10Br2O2/c1-6-5-8(3-4-9(14)15)11(13)10(12)7(6)2/h3-5H,1-2H3,(H,14,15)/b4-3+. The van der Waals surface area contributed by atoms with Gasteiger partial charge in [0.25, 0.3) is 0 Å². The summed E-state index contributed by atoms with van der Waals surface area (Å²) >= 11 is 6.88. The zero-order valence-corrected chi connectivity index (χ0v) is 11.5. The summed E-state index contributed by atoms with van der Waals surface area (Å²) in [6.07, 6.45) is 2.70. The van der Waals surface area contributed by atoms with Gasteiger partial charge < -0.3 is 5.11 Å². The first-order valence-electron chi connectivity index (χ1n) is 4.29. The molecule has 80 valence electrons. The van der Waals surface area contributed by atoms with Crippen LogP contribution in [0.3, 0.4) is 0 Å². The fraction of sp³-hybridized carbons (Fsp3) is 0.182. The average molecular weight is 334 g/mol. The summed E-state index contributed by atoms with van der Waals surface area (Å²) in [5, 5.41) is 8.55. The summed E-state index contributed by atoms with van der Waals surface area (Å²) in [7, 11) is 0. The van der Waals surface area contributed by atoms with Crippen molar-refractivity contribution in [2.45, 2.75) is 13.8 Å². The van der Waals surface area contributed by atoms with Gasteiger partial charge >= 0.3 is 5.97 Å². The minimum Gasteiger partial charge on any atom is -0.478 e. The van der Waals surface area contributed by atoms with Crippen LogP contribution < -0.4 is 0 Å². The van der Waals surface area contributed by atoms with Gasteiger partial charge in [-0.05, 0) is 68.5 Å². The molecule has 1 N–H and O–H groups in total. The molecular formula is C11H10Br2O2. The first kappa shape index (κ1) is 12.5. The maximum Gasteiger partial charge on any atom is 0.328 e. The predicted octanol–water partition coefficient (Wildman–Crippen LogP) is 3.93. The minimum absolute atomic E-state index is 0.854. The molecule has 0 fully saturated rings. The van der Waals surface area contributed by atoms with Crippen molar-refractivity contribution in [2.75, 3.05) is 0 Å². The first-order valence-corrected chi connectivity index (χ1v) is 5.88. The Morgan fingerprint density at radius 1 is 1.33 bits per heavy atom. The Morgan fingerprint density at radius 3 is 2.47 bits per heavy atom. The average Bonchev–Trinajstić information content (AvgIpc) is 2.18. The van der Waals surface area contributed by atoms with Crippen molar-refractivity contribution in [3.8, 4) is 0 Å². The van der Waals surface area contributed by atoms with Gasteiger partial charge in [0, 0.05) is 15.0 Å². The molecule has 0 aliphatic rings. The number of halogens is 2. The Balaban J connectivity index is 3.26. The number of hydrogen-bond donors (Lipinski definition) is 1. The van der Waals surface area contributed by atoms with E-state index in [0.29, 0.717) is 0 Å². The number of rotatable bonds is 2. The van der Waals surface area contributed by atoms with Crippen molar-refractivity contribution >= 4 is 43.9 Å². The van der Waals surface area contributed by atoms with E-state index in [4.69, 9.17) is 5.11 Å². The third-order valence-electron chi connectivity index (χ3n) is 2.14. The van der Waals surface area contributed by atoms with E-state index in [1.54, 1.807) is 6.08 Å². The molecule has 0 atom stereocenters. The number of benzene rings is 1. The summed E-state index contributed by atoms with van der Waals surface area (Å²) < 4.78 is 1.84. The summed E-state index contributed by atoms with van der Waals surface area (Å²) in [4.78, 5) is 10.4. The molecule has 2 nitrogen and oxygen atoms in total. The summed E-state index contributed by atoms with van der Waals surface area (Å²) in [6, 6.07) is 1.95. The highest BCUT2D eigenvalue weighted by molar-refractivity contribution is 9.13. The molecule has 0 aliphatic carbocycles. The van der Waals surface area contributed by atoms with Crippen molar-refractivity contribution in [3.63, 3.8) is 0 Å². The van der Waals surface area contributed by atoms with Crippen LogP contribution in [0.2, 0.25) is 0 Å². The van der Waals surface area contributed by atoms with Gasteiger partial charge in [-0.25, -0.2) is 4.79 Å². The van der Waals surface area contributed by atoms with Gasteiger partial charge in [-0.2, -0.15) is 0 Å². The quantitative estimate of drug-likeness (QED) is 0.833. The van der Waals surface area contributed by atoms with Crippen LogP contribution in [0.5, 0.6) is 0 Å². The molecule has 1 aromatic rings. The molecule has 0 aliphatic heterocycles. The van der Waals surface area contributed by atoms with Crippen molar-refractivity contribution in [1.82, 2.24) is 0 Å². The summed E-state index contributed by atoms with van der Waals surface area (Å²) in [5.74, 6) is -0.948. The van der Waals surface area contributed by atoms with Crippen molar-refractivity contribution in [3.05, 3.63) is 37.8 Å². The zero-order chi connectivity index (χ0) is 11.6. The van der Waals surface area contributed by atoms with Crippen LogP contribution in [0.15, 0.2) is 21.1 Å². The molecule has 1 rings (SSSR count). The van der Waals surface area contributed by atoms with Crippen LogP contribution in [0.1, 0.15) is 16.7 Å². The Kier molecular flexibility index (Phi) is 4.11. The molecule has 15 heavy (non-hydrogen) atoms. The van der Waals surface area contributed by atoms with Crippen molar-refractivity contribution < 1.29 is 9.90 Å². The van der Waals surface area contributed by atoms with Crippen molar-refractivity contribution in [2.24, 2.45) is 0 Å². The molecule has 0 saturated heterocycles. The van der Waals surface area contributed by atoms with E-state index in [1.807, 2.05) is 19.9 Å². The van der Waals surface area contributed by atoms with Gasteiger partial charge in [0.05, 0.1) is 0 Å². The molecule has 0 amide bonds. The predicted molar refractivity (Wildman–Crippen MR) is 68.0 cm³/mol. The number of aliphatic carboxylic acids is 1. The third kappa shape index (κ3) is 2.92. The zero-order valence-electron chi connectivity index (χ0n) is 8.34. The maximum absolute atomic E-state index is 10.4. The fourth-order valence-electron chi connectivity index (χ4n) is 1.15. The summed E-state index contributed by atoms with van der Waals surface area (Å²) in [5.41, 5.74) is 3.12. The third-order valence-corrected chi connectivity index (χ3v) is 4.52. The number of carboxylic acid groups (broad SMARTS) is 1. The van der Waals surface area contributed by atoms with Crippen LogP contribution in [0, 0.1) is 13.8 Å². The van der Waals surface area contributed by atoms with E-state index in [9.17, 15) is 4.79 Å². The SMILES string of the molecule is Cc1cc(/C=C/C(=O)O)c(Br)c(Br)c1C. The molecule has 4 heteroatoms. The molecule has 1 aromatic carbocycles. The smallest absolute Gasteiger partial charge is 0.328 e. The van der Waals surface area contributed by atoms with Gasteiger partial charge in [0.15, 0.2) is 0 Å². The normalized spacial score (nSPS) is 10.9. The lowest BCUT2D eigenvalue weighted by Crippen LogP contribution is -1.90. The summed E-state index contributed by atoms with van der Waals surface area (Å²) in [6.45, 7) is 4.00. The van der Waals surface area contributed by atoms with Gasteiger partial charge in [-0.3, -0.25) is 0 Å². The Bertz CT molecular complexity index is 437. The Hall–Kier alpha value is -0.610. The second kappa shape index (κ2) is 4.94. The molecule has 0 aromatic heterocycles. The second-order valence-corrected chi connectivity index (χ2v) is 4.79. The van der Waals surface area contributed by atoms with Crippen molar-refractivity contribution in [1.29, 1.82) is 0 Å². The van der Waals surface area contributed by atoms with E-state index in [-0.39, 0.29) is 0 Å². The lowest BCUT2D eigenvalue weighted by atomic mass is 10.1. The lowest BCUT2D eigenvalue weighted by molar-refractivity contribution is -0.131. The van der Waals surface area contributed by atoms with E-state index in [0.717, 1.165) is 31.7 Å². The fourth-order valence-corrected chi connectivity index (χ4v) is 2.24. The van der Waals surface area contributed by atoms with Gasteiger partial charge in [-0.1, -0.05) is 6.07 Å². The number of carbonyl (C=O) groups is 1. The van der Waals surface area contributed by atoms with Crippen LogP contribution in [0.25, 0.3) is 6.08 Å². The highest BCUT2D eigenvalue weighted by Gasteiger charge is 2.07. The minimum atomic E-state index is -0.948. The molecular weight excluding hydrogens is 324 g/mol. The maximum atomic E-state index is 10.4. The van der Waals surface area contributed by atoms with Crippen LogP contribution in [-0.4, -0.2) is 11.1 Å². The van der Waals surface area contributed by atoms with Crippen LogP contribution >= 0.6 is 31.9 Å². The highest BCUT2D eigenvalue weighted by atomic mass is 79.9. The van der Waals surface area contributed by atoms with E-state index in [1.165, 1.54) is 0 Å². The lowest BCUT2D eigenvalue weighted by Gasteiger charge is -2.08. The molecule has 0 bridgehead atoms. The van der Waals surface area contributed by atoms with Crippen LogP contribution in [0.4, 0.5) is 0 Å².